The Hall–Kier alpha value is -4.32. The van der Waals surface area contributed by atoms with Crippen LogP contribution in [0.4, 0.5) is 19.1 Å². The van der Waals surface area contributed by atoms with E-state index >= 15 is 0 Å². The molecule has 0 amide bonds. The predicted molar refractivity (Wildman–Crippen MR) is 147 cm³/mol. The molecule has 1 aliphatic rings. The summed E-state index contributed by atoms with van der Waals surface area (Å²) in [6.07, 6.45) is -6.07. The third-order valence-corrected chi connectivity index (χ3v) is 6.25. The van der Waals surface area contributed by atoms with E-state index in [0.717, 1.165) is 6.20 Å². The van der Waals surface area contributed by atoms with Crippen LogP contribution in [0.25, 0.3) is 21.7 Å². The molecular weight excluding hydrogens is 591 g/mol. The van der Waals surface area contributed by atoms with E-state index in [9.17, 15) is 23.4 Å². The van der Waals surface area contributed by atoms with E-state index in [1.165, 1.54) is 10.8 Å². The lowest BCUT2D eigenvalue weighted by Gasteiger charge is -2.42. The Labute approximate surface area is 248 Å². The first-order valence-corrected chi connectivity index (χ1v) is 13.3. The average Bonchev–Trinajstić information content (AvgIpc) is 3.48. The van der Waals surface area contributed by atoms with E-state index in [1.807, 2.05) is 0 Å². The lowest BCUT2D eigenvalue weighted by molar-refractivity contribution is -0.256. The molecule has 236 valence electrons. The molecule has 1 aromatic carbocycles. The molecule has 3 heterocycles. The molecule has 15 nitrogen and oxygen atoms in total. The number of nitrogens with one attached hydrogen (secondary N) is 1. The first-order chi connectivity index (χ1) is 21.2. The Morgan fingerprint density at radius 2 is 2.05 bits per heavy atom. The Morgan fingerprint density at radius 1 is 1.20 bits per heavy atom. The van der Waals surface area contributed by atoms with Crippen molar-refractivity contribution in [3.05, 3.63) is 71.5 Å². The molecule has 0 spiro atoms. The summed E-state index contributed by atoms with van der Waals surface area (Å²) in [7, 11) is 0. The topological polar surface area (TPSA) is 195 Å². The molecule has 18 heteroatoms. The molecule has 0 saturated carbocycles. The molecule has 44 heavy (non-hydrogen) atoms. The maximum absolute atomic E-state index is 13.1. The summed E-state index contributed by atoms with van der Waals surface area (Å²) < 4.78 is 63.3. The van der Waals surface area contributed by atoms with Gasteiger partial charge in [-0.3, -0.25) is 0 Å². The van der Waals surface area contributed by atoms with Crippen molar-refractivity contribution in [2.75, 3.05) is 38.3 Å². The predicted octanol–water partition coefficient (Wildman–Crippen LogP) is 2.59. The second kappa shape index (κ2) is 15.4. The second-order valence-corrected chi connectivity index (χ2v) is 9.35. The molecule has 2 aromatic heterocycles. The summed E-state index contributed by atoms with van der Waals surface area (Å²) >= 11 is 0. The normalized spacial score (nSPS) is 21.8. The molecule has 5 atom stereocenters. The second-order valence-electron chi connectivity index (χ2n) is 9.35. The van der Waals surface area contributed by atoms with Gasteiger partial charge in [0.05, 0.1) is 32.6 Å². The van der Waals surface area contributed by atoms with E-state index < -0.39 is 48.5 Å². The van der Waals surface area contributed by atoms with Gasteiger partial charge < -0.3 is 34.5 Å². The van der Waals surface area contributed by atoms with Gasteiger partial charge in [-0.2, -0.15) is 13.2 Å². The van der Waals surface area contributed by atoms with Crippen molar-refractivity contribution in [3.63, 3.8) is 0 Å². The zero-order chi connectivity index (χ0) is 31.5. The molecule has 1 fully saturated rings. The summed E-state index contributed by atoms with van der Waals surface area (Å²) in [5.74, 6) is 0.130. The summed E-state index contributed by atoms with van der Waals surface area (Å²) in [4.78, 5) is 9.88. The number of alkyl halides is 3. The molecule has 1 aliphatic heterocycles. The third kappa shape index (κ3) is 8.85. The van der Waals surface area contributed by atoms with Crippen LogP contribution in [-0.2, 0) is 26.9 Å². The number of aliphatic hydroxyl groups is 2. The molecule has 3 N–H and O–H groups in total. The number of hydrogen-bond acceptors (Lipinski definition) is 12. The number of aliphatic hydroxyl groups excluding tert-OH is 2. The van der Waals surface area contributed by atoms with Crippen LogP contribution in [0.5, 0.6) is 5.75 Å². The highest BCUT2D eigenvalue weighted by atomic mass is 19.4. The molecule has 0 unspecified atom stereocenters. The van der Waals surface area contributed by atoms with Crippen molar-refractivity contribution in [2.24, 2.45) is 5.11 Å². The number of rotatable bonds is 15. The number of azide groups is 1. The lowest BCUT2D eigenvalue weighted by atomic mass is 9.96. The minimum Gasteiger partial charge on any atom is -0.491 e. The number of ether oxygens (including phenoxy) is 4. The summed E-state index contributed by atoms with van der Waals surface area (Å²) in [6.45, 7) is 4.61. The molecule has 0 radical (unpaired) electrons. The van der Waals surface area contributed by atoms with Crippen molar-refractivity contribution < 1.29 is 42.3 Å². The highest BCUT2D eigenvalue weighted by Gasteiger charge is 2.46. The monoisotopic (exact) mass is 621 g/mol. The summed E-state index contributed by atoms with van der Waals surface area (Å²) in [5.41, 5.74) is 8.27. The van der Waals surface area contributed by atoms with Crippen molar-refractivity contribution in [1.29, 1.82) is 0 Å². The van der Waals surface area contributed by atoms with Crippen LogP contribution in [0, 0.1) is 0 Å². The largest absolute Gasteiger partial charge is 0.491 e. The zero-order valence-corrected chi connectivity index (χ0v) is 23.2. The number of hydrogen-bond donors (Lipinski definition) is 3. The Bertz CT molecular complexity index is 1420. The van der Waals surface area contributed by atoms with Crippen LogP contribution in [0.1, 0.15) is 5.69 Å². The smallest absolute Gasteiger partial charge is 0.433 e. The number of aromatic nitrogens is 5. The molecule has 1 saturated heterocycles. The van der Waals surface area contributed by atoms with Crippen LogP contribution in [0.2, 0.25) is 0 Å². The van der Waals surface area contributed by atoms with Crippen molar-refractivity contribution >= 4 is 5.95 Å². The van der Waals surface area contributed by atoms with Crippen LogP contribution >= 0.6 is 0 Å². The summed E-state index contributed by atoms with van der Waals surface area (Å²) in [6, 6.07) is 6.58. The number of nitrogens with zero attached hydrogens (tertiary/aromatic N) is 8. The van der Waals surface area contributed by atoms with Gasteiger partial charge in [-0.15, -0.1) is 11.7 Å². The van der Waals surface area contributed by atoms with E-state index in [-0.39, 0.29) is 32.9 Å². The maximum Gasteiger partial charge on any atom is 0.433 e. The van der Waals surface area contributed by atoms with Gasteiger partial charge in [0.25, 0.3) is 0 Å². The Kier molecular flexibility index (Phi) is 11.4. The van der Waals surface area contributed by atoms with E-state index in [0.29, 0.717) is 29.7 Å². The molecule has 3 aromatic rings. The first-order valence-electron chi connectivity index (χ1n) is 13.3. The fourth-order valence-electron chi connectivity index (χ4n) is 4.20. The zero-order valence-electron chi connectivity index (χ0n) is 23.2. The van der Waals surface area contributed by atoms with Gasteiger partial charge in [0.15, 0.2) is 6.29 Å². The number of benzene rings is 1. The molecule has 0 bridgehead atoms. The Balaban J connectivity index is 1.40. The van der Waals surface area contributed by atoms with Crippen LogP contribution in [0.15, 0.2) is 60.5 Å². The average molecular weight is 622 g/mol. The fourth-order valence-corrected chi connectivity index (χ4v) is 4.20. The molecular formula is C26H30F3N9O6. The summed E-state index contributed by atoms with van der Waals surface area (Å²) in [5, 5.41) is 36.0. The molecule has 4 rings (SSSR count). The van der Waals surface area contributed by atoms with Crippen molar-refractivity contribution in [2.45, 2.75) is 43.4 Å². The van der Waals surface area contributed by atoms with Gasteiger partial charge in [0.1, 0.15) is 48.1 Å². The van der Waals surface area contributed by atoms with E-state index in [1.54, 1.807) is 30.5 Å². The highest BCUT2D eigenvalue weighted by Crippen LogP contribution is 2.29. The quantitative estimate of drug-likeness (QED) is 0.0742. The van der Waals surface area contributed by atoms with Gasteiger partial charge in [-0.25, -0.2) is 14.6 Å². The van der Waals surface area contributed by atoms with Gasteiger partial charge in [0.2, 0.25) is 5.95 Å². The number of anilines is 1. The minimum atomic E-state index is -4.71. The molecule has 0 aliphatic carbocycles. The van der Waals surface area contributed by atoms with Gasteiger partial charge >= 0.3 is 6.18 Å². The third-order valence-electron chi connectivity index (χ3n) is 6.25. The number of halogens is 3. The van der Waals surface area contributed by atoms with Gasteiger partial charge in [0, 0.05) is 23.2 Å². The van der Waals surface area contributed by atoms with Crippen molar-refractivity contribution in [3.8, 4) is 17.0 Å². The van der Waals surface area contributed by atoms with Crippen LogP contribution in [0.3, 0.4) is 0 Å². The van der Waals surface area contributed by atoms with Gasteiger partial charge in [-0.05, 0) is 23.7 Å². The minimum absolute atomic E-state index is 0.0183. The SMILES string of the molecule is C=CCO[C@H]1O[C@H](Cn2cc(-c3cccc(OCCOCCN=[N+]=[N-])c3)nn2)[C@H](O)[C@H](O)[C@H]1Nc1nccc(C(F)(F)F)n1. The highest BCUT2D eigenvalue weighted by molar-refractivity contribution is 5.59. The van der Waals surface area contributed by atoms with E-state index in [2.05, 4.69) is 42.2 Å². The maximum atomic E-state index is 13.1. The fraction of sp³-hybridized carbons (Fsp3) is 0.462. The van der Waals surface area contributed by atoms with E-state index in [4.69, 9.17) is 24.5 Å². The standard InChI is InChI=1S/C26H30F3N9O6/c1-2-9-43-24-21(34-25-31-7-6-20(33-25)26(27,28)29)23(40)22(39)19(44-24)15-38-14-18(35-37-38)16-4-3-5-17(13-16)42-12-11-41-10-8-32-36-30/h2-7,13-14,19,21-24,39-40H,1,8-12,15H2,(H,31,33,34)/t19-,21-,22+,23-,24+/m1/s1. The lowest BCUT2D eigenvalue weighted by Crippen LogP contribution is -2.61. The first kappa shape index (κ1) is 32.6. The Morgan fingerprint density at radius 3 is 2.82 bits per heavy atom. The van der Waals surface area contributed by atoms with Crippen LogP contribution < -0.4 is 10.1 Å². The van der Waals surface area contributed by atoms with Gasteiger partial charge in [-0.1, -0.05) is 28.5 Å². The van der Waals surface area contributed by atoms with Crippen LogP contribution in [-0.4, -0.2) is 98.8 Å². The van der Waals surface area contributed by atoms with Crippen molar-refractivity contribution in [1.82, 2.24) is 25.0 Å².